The third kappa shape index (κ3) is 9.53. The van der Waals surface area contributed by atoms with Crippen molar-refractivity contribution in [1.29, 1.82) is 0 Å². The number of aliphatic hydroxyl groups excluding tert-OH is 1. The van der Waals surface area contributed by atoms with Gasteiger partial charge in [-0.1, -0.05) is 6.92 Å². The summed E-state index contributed by atoms with van der Waals surface area (Å²) < 4.78 is 10.8. The third-order valence-electron chi connectivity index (χ3n) is 2.65. The molecule has 0 amide bonds. The van der Waals surface area contributed by atoms with E-state index in [1.54, 1.807) is 0 Å². The van der Waals surface area contributed by atoms with Crippen molar-refractivity contribution in [2.24, 2.45) is 0 Å². The molecule has 2 N–H and O–H groups in total. The molecule has 4 nitrogen and oxygen atoms in total. The first-order valence-corrected chi connectivity index (χ1v) is 6.59. The summed E-state index contributed by atoms with van der Waals surface area (Å²) in [5.41, 5.74) is -0.174. The van der Waals surface area contributed by atoms with Gasteiger partial charge in [-0.15, -0.1) is 0 Å². The average molecular weight is 247 g/mol. The highest BCUT2D eigenvalue weighted by atomic mass is 16.5. The van der Waals surface area contributed by atoms with Crippen LogP contribution in [-0.2, 0) is 9.47 Å². The van der Waals surface area contributed by atoms with Gasteiger partial charge in [-0.2, -0.15) is 0 Å². The van der Waals surface area contributed by atoms with E-state index in [4.69, 9.17) is 9.47 Å². The van der Waals surface area contributed by atoms with Crippen LogP contribution in [-0.4, -0.2) is 49.7 Å². The van der Waals surface area contributed by atoms with Gasteiger partial charge in [0.25, 0.3) is 0 Å². The van der Waals surface area contributed by atoms with E-state index in [1.165, 1.54) is 0 Å². The molecule has 0 aromatic rings. The van der Waals surface area contributed by atoms with E-state index < -0.39 is 0 Å². The summed E-state index contributed by atoms with van der Waals surface area (Å²) in [4.78, 5) is 0. The van der Waals surface area contributed by atoms with Gasteiger partial charge in [0, 0.05) is 12.1 Å². The van der Waals surface area contributed by atoms with Crippen molar-refractivity contribution in [3.63, 3.8) is 0 Å². The minimum absolute atomic E-state index is 0.164. The molecule has 1 unspecified atom stereocenters. The molecule has 0 spiro atoms. The maximum absolute atomic E-state index is 9.29. The zero-order chi connectivity index (χ0) is 13.1. The lowest BCUT2D eigenvalue weighted by atomic mass is 9.97. The molecule has 1 atom stereocenters. The molecule has 0 heterocycles. The monoisotopic (exact) mass is 247 g/mol. The number of hydrogen-bond acceptors (Lipinski definition) is 4. The van der Waals surface area contributed by atoms with Gasteiger partial charge < -0.3 is 19.9 Å². The van der Waals surface area contributed by atoms with Crippen molar-refractivity contribution >= 4 is 0 Å². The zero-order valence-corrected chi connectivity index (χ0v) is 11.8. The maximum Gasteiger partial charge on any atom is 0.0703 e. The summed E-state index contributed by atoms with van der Waals surface area (Å²) in [6.45, 7) is 11.2. The van der Waals surface area contributed by atoms with Gasteiger partial charge >= 0.3 is 0 Å². The van der Waals surface area contributed by atoms with Crippen molar-refractivity contribution in [1.82, 2.24) is 5.32 Å². The highest BCUT2D eigenvalue weighted by Gasteiger charge is 2.20. The first kappa shape index (κ1) is 16.8. The highest BCUT2D eigenvalue weighted by Crippen LogP contribution is 2.11. The number of aliphatic hydroxyl groups is 1. The van der Waals surface area contributed by atoms with Crippen molar-refractivity contribution < 1.29 is 14.6 Å². The Morgan fingerprint density at radius 3 is 2.47 bits per heavy atom. The molecule has 0 rings (SSSR count). The van der Waals surface area contributed by atoms with E-state index in [0.717, 1.165) is 26.0 Å². The number of hydrogen-bond donors (Lipinski definition) is 2. The van der Waals surface area contributed by atoms with Crippen LogP contribution >= 0.6 is 0 Å². The van der Waals surface area contributed by atoms with Gasteiger partial charge in [-0.05, 0) is 40.2 Å². The Labute approximate surface area is 106 Å². The molecule has 17 heavy (non-hydrogen) atoms. The van der Waals surface area contributed by atoms with Crippen molar-refractivity contribution in [3.05, 3.63) is 0 Å². The molecule has 104 valence electrons. The van der Waals surface area contributed by atoms with Gasteiger partial charge in [-0.25, -0.2) is 0 Å². The van der Waals surface area contributed by atoms with E-state index in [-0.39, 0.29) is 18.2 Å². The van der Waals surface area contributed by atoms with Gasteiger partial charge in [0.2, 0.25) is 0 Å². The number of ether oxygens (including phenoxy) is 2. The molecule has 0 bridgehead atoms. The fourth-order valence-corrected chi connectivity index (χ4v) is 1.66. The summed E-state index contributed by atoms with van der Waals surface area (Å²) in [7, 11) is 0. The van der Waals surface area contributed by atoms with Crippen molar-refractivity contribution in [2.45, 2.75) is 52.2 Å². The van der Waals surface area contributed by atoms with Gasteiger partial charge in [0.1, 0.15) is 0 Å². The lowest BCUT2D eigenvalue weighted by Crippen LogP contribution is -2.45. The minimum atomic E-state index is -0.174. The molecular weight excluding hydrogens is 218 g/mol. The van der Waals surface area contributed by atoms with E-state index in [9.17, 15) is 5.11 Å². The molecule has 0 aliphatic rings. The Morgan fingerprint density at radius 1 is 1.24 bits per heavy atom. The molecule has 0 aliphatic carbocycles. The molecule has 0 saturated carbocycles. The second-order valence-corrected chi connectivity index (χ2v) is 4.88. The first-order valence-electron chi connectivity index (χ1n) is 6.59. The quantitative estimate of drug-likeness (QED) is 0.544. The Bertz CT molecular complexity index is 176. The molecule has 0 aromatic carbocycles. The lowest BCUT2D eigenvalue weighted by molar-refractivity contribution is 0.0168. The van der Waals surface area contributed by atoms with Crippen LogP contribution in [0.3, 0.4) is 0 Å². The molecular formula is C13H29NO3. The third-order valence-corrected chi connectivity index (χ3v) is 2.65. The molecule has 0 fully saturated rings. The van der Waals surface area contributed by atoms with E-state index >= 15 is 0 Å². The predicted octanol–water partition coefficient (Wildman–Crippen LogP) is 1.57. The predicted molar refractivity (Wildman–Crippen MR) is 70.3 cm³/mol. The Kier molecular flexibility index (Phi) is 9.74. The molecule has 0 aromatic heterocycles. The van der Waals surface area contributed by atoms with Crippen LogP contribution in [0, 0.1) is 0 Å². The van der Waals surface area contributed by atoms with Crippen molar-refractivity contribution in [2.75, 3.05) is 33.0 Å². The van der Waals surface area contributed by atoms with E-state index in [0.29, 0.717) is 13.2 Å². The molecule has 0 radical (unpaired) electrons. The standard InChI is InChI=1S/C13H29NO3/c1-5-14-13(4,11-15)7-6-8-16-9-10-17-12(2)3/h12,14-15H,5-11H2,1-4H3. The SMILES string of the molecule is CCNC(C)(CO)CCCOCCOC(C)C. The number of rotatable bonds is 11. The molecule has 0 saturated heterocycles. The summed E-state index contributed by atoms with van der Waals surface area (Å²) in [6, 6.07) is 0. The second-order valence-electron chi connectivity index (χ2n) is 4.88. The van der Waals surface area contributed by atoms with E-state index in [1.807, 2.05) is 27.7 Å². The summed E-state index contributed by atoms with van der Waals surface area (Å²) >= 11 is 0. The summed E-state index contributed by atoms with van der Waals surface area (Å²) in [5.74, 6) is 0. The number of nitrogens with one attached hydrogen (secondary N) is 1. The van der Waals surface area contributed by atoms with Crippen LogP contribution in [0.15, 0.2) is 0 Å². The Hall–Kier alpha value is -0.160. The normalized spacial score (nSPS) is 15.2. The smallest absolute Gasteiger partial charge is 0.0703 e. The van der Waals surface area contributed by atoms with Gasteiger partial charge in [0.15, 0.2) is 0 Å². The molecule has 4 heteroatoms. The average Bonchev–Trinajstić information content (AvgIpc) is 2.28. The fourth-order valence-electron chi connectivity index (χ4n) is 1.66. The summed E-state index contributed by atoms with van der Waals surface area (Å²) in [6.07, 6.45) is 2.14. The maximum atomic E-state index is 9.29. The van der Waals surface area contributed by atoms with Crippen molar-refractivity contribution in [3.8, 4) is 0 Å². The Balaban J connectivity index is 3.43. The van der Waals surface area contributed by atoms with E-state index in [2.05, 4.69) is 5.32 Å². The zero-order valence-electron chi connectivity index (χ0n) is 11.8. The van der Waals surface area contributed by atoms with Gasteiger partial charge in [-0.3, -0.25) is 0 Å². The van der Waals surface area contributed by atoms with Crippen LogP contribution in [0.2, 0.25) is 0 Å². The number of likely N-dealkylation sites (N-methyl/N-ethyl adjacent to an activating group) is 1. The summed E-state index contributed by atoms with van der Waals surface area (Å²) in [5, 5.41) is 12.6. The van der Waals surface area contributed by atoms with Crippen LogP contribution in [0.4, 0.5) is 0 Å². The largest absolute Gasteiger partial charge is 0.394 e. The lowest BCUT2D eigenvalue weighted by Gasteiger charge is -2.28. The van der Waals surface area contributed by atoms with Gasteiger partial charge in [0.05, 0.1) is 25.9 Å². The van der Waals surface area contributed by atoms with Crippen LogP contribution in [0.1, 0.15) is 40.5 Å². The van der Waals surface area contributed by atoms with Crippen LogP contribution in [0.25, 0.3) is 0 Å². The minimum Gasteiger partial charge on any atom is -0.394 e. The highest BCUT2D eigenvalue weighted by molar-refractivity contribution is 4.81. The fraction of sp³-hybridized carbons (Fsp3) is 1.00. The molecule has 0 aliphatic heterocycles. The van der Waals surface area contributed by atoms with Crippen LogP contribution < -0.4 is 5.32 Å². The first-order chi connectivity index (χ1) is 8.04. The second kappa shape index (κ2) is 9.83. The van der Waals surface area contributed by atoms with Crippen LogP contribution in [0.5, 0.6) is 0 Å². The Morgan fingerprint density at radius 2 is 1.94 bits per heavy atom. The topological polar surface area (TPSA) is 50.7 Å².